The Bertz CT molecular complexity index is 625. The first-order valence-corrected chi connectivity index (χ1v) is 7.61. The summed E-state index contributed by atoms with van der Waals surface area (Å²) in [6.45, 7) is 4.07. The molecule has 0 saturated heterocycles. The van der Waals surface area contributed by atoms with Crippen LogP contribution in [0.4, 0.5) is 5.82 Å². The molecular formula is C15H20N4OS. The summed E-state index contributed by atoms with van der Waals surface area (Å²) in [5, 5.41) is 14.1. The summed E-state index contributed by atoms with van der Waals surface area (Å²) in [7, 11) is 1.98. The van der Waals surface area contributed by atoms with E-state index in [9.17, 15) is 0 Å². The van der Waals surface area contributed by atoms with E-state index in [1.54, 1.807) is 11.3 Å². The zero-order valence-electron chi connectivity index (χ0n) is 12.4. The lowest BCUT2D eigenvalue weighted by Crippen LogP contribution is -2.33. The van der Waals surface area contributed by atoms with Crippen LogP contribution in [0.25, 0.3) is 0 Å². The molecule has 0 spiro atoms. The average Bonchev–Trinajstić information content (AvgIpc) is 2.98. The fourth-order valence-corrected chi connectivity index (χ4v) is 2.96. The Hall–Kier alpha value is -2.08. The summed E-state index contributed by atoms with van der Waals surface area (Å²) in [5.74, 6) is 0.807. The third-order valence-electron chi connectivity index (χ3n) is 3.47. The molecule has 2 heterocycles. The molecule has 0 aromatic carbocycles. The molecule has 0 fully saturated rings. The highest BCUT2D eigenvalue weighted by atomic mass is 32.1. The second-order valence-electron chi connectivity index (χ2n) is 5.05. The third kappa shape index (κ3) is 3.52. The SMILES string of the molecule is Cc1ccc(C(N)=NO)c(N(C)C(C)Cc2cccs2)n1. The Morgan fingerprint density at radius 2 is 2.24 bits per heavy atom. The minimum Gasteiger partial charge on any atom is -0.409 e. The predicted octanol–water partition coefficient (Wildman–Crippen LogP) is 2.61. The maximum absolute atomic E-state index is 8.93. The molecular weight excluding hydrogens is 284 g/mol. The van der Waals surface area contributed by atoms with E-state index in [2.05, 4.69) is 39.5 Å². The molecule has 2 aromatic rings. The molecule has 0 aliphatic rings. The summed E-state index contributed by atoms with van der Waals surface area (Å²) in [6.07, 6.45) is 0.930. The molecule has 6 heteroatoms. The van der Waals surface area contributed by atoms with Crippen LogP contribution >= 0.6 is 11.3 Å². The highest BCUT2D eigenvalue weighted by molar-refractivity contribution is 7.09. The number of hydrogen-bond donors (Lipinski definition) is 2. The highest BCUT2D eigenvalue weighted by Crippen LogP contribution is 2.22. The maximum Gasteiger partial charge on any atom is 0.173 e. The maximum atomic E-state index is 8.93. The second kappa shape index (κ2) is 6.58. The molecule has 1 unspecified atom stereocenters. The smallest absolute Gasteiger partial charge is 0.173 e. The Balaban J connectivity index is 2.29. The molecule has 21 heavy (non-hydrogen) atoms. The number of thiophene rings is 1. The standard InChI is InChI=1S/C15H20N4OS/c1-10-6-7-13(14(16)18-20)15(17-10)19(3)11(2)9-12-5-4-8-21-12/h4-8,11,20H,9H2,1-3H3,(H2,16,18). The van der Waals surface area contributed by atoms with Gasteiger partial charge in [-0.25, -0.2) is 4.98 Å². The minimum atomic E-state index is 0.0765. The number of likely N-dealkylation sites (N-methyl/N-ethyl adjacent to an activating group) is 1. The van der Waals surface area contributed by atoms with Crippen LogP contribution in [0, 0.1) is 6.92 Å². The molecule has 112 valence electrons. The molecule has 0 saturated carbocycles. The summed E-state index contributed by atoms with van der Waals surface area (Å²) in [6, 6.07) is 8.13. The van der Waals surface area contributed by atoms with Crippen LogP contribution in [-0.4, -0.2) is 29.1 Å². The topological polar surface area (TPSA) is 74.7 Å². The van der Waals surface area contributed by atoms with Crippen LogP contribution in [-0.2, 0) is 6.42 Å². The Morgan fingerprint density at radius 1 is 1.48 bits per heavy atom. The van der Waals surface area contributed by atoms with E-state index in [1.165, 1.54) is 4.88 Å². The summed E-state index contributed by atoms with van der Waals surface area (Å²) in [5.41, 5.74) is 7.29. The van der Waals surface area contributed by atoms with Gasteiger partial charge in [0.05, 0.1) is 5.56 Å². The Kier molecular flexibility index (Phi) is 4.80. The molecule has 0 aliphatic heterocycles. The number of amidine groups is 1. The molecule has 2 aromatic heterocycles. The van der Waals surface area contributed by atoms with Gasteiger partial charge in [-0.1, -0.05) is 11.2 Å². The van der Waals surface area contributed by atoms with Gasteiger partial charge in [0, 0.05) is 30.1 Å². The average molecular weight is 304 g/mol. The van der Waals surface area contributed by atoms with Gasteiger partial charge in [0.1, 0.15) is 5.82 Å². The molecule has 0 bridgehead atoms. The number of rotatable bonds is 5. The molecule has 0 aliphatic carbocycles. The normalized spacial score (nSPS) is 13.2. The van der Waals surface area contributed by atoms with Crippen molar-refractivity contribution in [1.82, 2.24) is 4.98 Å². The largest absolute Gasteiger partial charge is 0.409 e. The second-order valence-corrected chi connectivity index (χ2v) is 6.08. The van der Waals surface area contributed by atoms with Crippen molar-refractivity contribution in [2.45, 2.75) is 26.3 Å². The molecule has 2 rings (SSSR count). The van der Waals surface area contributed by atoms with Crippen LogP contribution in [0.1, 0.15) is 23.1 Å². The highest BCUT2D eigenvalue weighted by Gasteiger charge is 2.18. The molecule has 1 atom stereocenters. The van der Waals surface area contributed by atoms with Crippen LogP contribution in [0.2, 0.25) is 0 Å². The van der Waals surface area contributed by atoms with Gasteiger partial charge in [-0.15, -0.1) is 11.3 Å². The summed E-state index contributed by atoms with van der Waals surface area (Å²) < 4.78 is 0. The van der Waals surface area contributed by atoms with Crippen molar-refractivity contribution in [3.05, 3.63) is 45.8 Å². The third-order valence-corrected chi connectivity index (χ3v) is 4.37. The van der Waals surface area contributed by atoms with E-state index < -0.39 is 0 Å². The van der Waals surface area contributed by atoms with E-state index in [0.29, 0.717) is 5.56 Å². The van der Waals surface area contributed by atoms with Crippen LogP contribution in [0.15, 0.2) is 34.8 Å². The van der Waals surface area contributed by atoms with Crippen molar-refractivity contribution in [3.8, 4) is 0 Å². The summed E-state index contributed by atoms with van der Waals surface area (Å²) in [4.78, 5) is 7.95. The number of aromatic nitrogens is 1. The number of hydrogen-bond acceptors (Lipinski definition) is 5. The fraction of sp³-hybridized carbons (Fsp3) is 0.333. The van der Waals surface area contributed by atoms with Crippen molar-refractivity contribution in [2.24, 2.45) is 10.9 Å². The van der Waals surface area contributed by atoms with Crippen molar-refractivity contribution in [1.29, 1.82) is 0 Å². The first-order valence-electron chi connectivity index (χ1n) is 6.73. The first kappa shape index (κ1) is 15.3. The van der Waals surface area contributed by atoms with Crippen molar-refractivity contribution in [3.63, 3.8) is 0 Å². The van der Waals surface area contributed by atoms with Crippen LogP contribution in [0.3, 0.4) is 0 Å². The van der Waals surface area contributed by atoms with Gasteiger partial charge in [0.2, 0.25) is 0 Å². The lowest BCUT2D eigenvalue weighted by Gasteiger charge is -2.27. The molecule has 3 N–H and O–H groups in total. The van der Waals surface area contributed by atoms with E-state index in [0.717, 1.165) is 17.9 Å². The van der Waals surface area contributed by atoms with Gasteiger partial charge in [-0.2, -0.15) is 0 Å². The zero-order chi connectivity index (χ0) is 15.4. The number of nitrogens with two attached hydrogens (primary N) is 1. The lowest BCUT2D eigenvalue weighted by atomic mass is 10.1. The Labute approximate surface area is 128 Å². The van der Waals surface area contributed by atoms with Crippen molar-refractivity contribution in [2.75, 3.05) is 11.9 Å². The number of pyridine rings is 1. The Morgan fingerprint density at radius 3 is 2.86 bits per heavy atom. The fourth-order valence-electron chi connectivity index (χ4n) is 2.13. The van der Waals surface area contributed by atoms with E-state index in [1.807, 2.05) is 26.1 Å². The van der Waals surface area contributed by atoms with Gasteiger partial charge >= 0.3 is 0 Å². The number of aryl methyl sites for hydroxylation is 1. The first-order chi connectivity index (χ1) is 10.0. The lowest BCUT2D eigenvalue weighted by molar-refractivity contribution is 0.318. The molecule has 0 amide bonds. The zero-order valence-corrected chi connectivity index (χ0v) is 13.3. The quantitative estimate of drug-likeness (QED) is 0.385. The van der Waals surface area contributed by atoms with Crippen molar-refractivity contribution < 1.29 is 5.21 Å². The van der Waals surface area contributed by atoms with E-state index in [4.69, 9.17) is 10.9 Å². The van der Waals surface area contributed by atoms with Gasteiger partial charge < -0.3 is 15.8 Å². The number of nitrogens with zero attached hydrogens (tertiary/aromatic N) is 3. The van der Waals surface area contributed by atoms with E-state index in [-0.39, 0.29) is 11.9 Å². The molecule has 0 radical (unpaired) electrons. The van der Waals surface area contributed by atoms with Gasteiger partial charge in [0.25, 0.3) is 0 Å². The van der Waals surface area contributed by atoms with Gasteiger partial charge in [-0.3, -0.25) is 0 Å². The monoisotopic (exact) mass is 304 g/mol. The van der Waals surface area contributed by atoms with E-state index >= 15 is 0 Å². The van der Waals surface area contributed by atoms with Crippen LogP contribution in [0.5, 0.6) is 0 Å². The van der Waals surface area contributed by atoms with Gasteiger partial charge in [-0.05, 0) is 37.4 Å². The van der Waals surface area contributed by atoms with Gasteiger partial charge in [0.15, 0.2) is 5.84 Å². The van der Waals surface area contributed by atoms with Crippen molar-refractivity contribution >= 4 is 23.0 Å². The summed E-state index contributed by atoms with van der Waals surface area (Å²) >= 11 is 1.75. The number of anilines is 1. The minimum absolute atomic E-state index is 0.0765. The molecule has 5 nitrogen and oxygen atoms in total. The predicted molar refractivity (Wildman–Crippen MR) is 87.4 cm³/mol. The van der Waals surface area contributed by atoms with Crippen LogP contribution < -0.4 is 10.6 Å². The number of oxime groups is 1.